The number of amides is 1. The molecule has 1 aromatic heterocycles. The molecule has 20 heavy (non-hydrogen) atoms. The number of nitrogens with zero attached hydrogens (tertiary/aromatic N) is 4. The first-order chi connectivity index (χ1) is 9.56. The highest BCUT2D eigenvalue weighted by Gasteiger charge is 2.12. The smallest absolute Gasteiger partial charge is 0.234 e. The second kappa shape index (κ2) is 6.51. The number of aryl methyl sites for hydroxylation is 1. The van der Waals surface area contributed by atoms with Gasteiger partial charge in [0.15, 0.2) is 0 Å². The van der Waals surface area contributed by atoms with Crippen LogP contribution in [-0.2, 0) is 4.79 Å². The summed E-state index contributed by atoms with van der Waals surface area (Å²) in [4.78, 5) is 11.9. The van der Waals surface area contributed by atoms with E-state index in [0.717, 1.165) is 11.3 Å². The molecule has 1 heterocycles. The number of carbonyl (C=O) groups is 1. The van der Waals surface area contributed by atoms with Crippen molar-refractivity contribution >= 4 is 23.4 Å². The van der Waals surface area contributed by atoms with E-state index in [0.29, 0.717) is 5.16 Å². The number of hydrogen-bond donors (Lipinski definition) is 1. The molecule has 0 aliphatic carbocycles. The third-order valence-electron chi connectivity index (χ3n) is 2.62. The highest BCUT2D eigenvalue weighted by Crippen LogP contribution is 2.17. The molecule has 0 saturated heterocycles. The van der Waals surface area contributed by atoms with Crippen LogP contribution in [0.4, 0.5) is 5.69 Å². The summed E-state index contributed by atoms with van der Waals surface area (Å²) in [5.74, 6) is 0.207. The van der Waals surface area contributed by atoms with Crippen LogP contribution >= 0.6 is 11.8 Å². The number of benzene rings is 1. The molecule has 1 aromatic carbocycles. The molecule has 6 nitrogen and oxygen atoms in total. The monoisotopic (exact) mass is 291 g/mol. The molecule has 0 aliphatic rings. The minimum absolute atomic E-state index is 0.0721. The normalized spacial score (nSPS) is 10.8. The van der Waals surface area contributed by atoms with Crippen LogP contribution in [0.25, 0.3) is 0 Å². The summed E-state index contributed by atoms with van der Waals surface area (Å²) < 4.78 is 1.70. The van der Waals surface area contributed by atoms with Crippen LogP contribution in [0.15, 0.2) is 29.4 Å². The number of carbonyl (C=O) groups excluding carboxylic acids is 1. The van der Waals surface area contributed by atoms with Crippen molar-refractivity contribution in [2.45, 2.75) is 32.0 Å². The summed E-state index contributed by atoms with van der Waals surface area (Å²) in [6.45, 7) is 5.99. The Morgan fingerprint density at radius 1 is 1.35 bits per heavy atom. The molecule has 0 fully saturated rings. The zero-order valence-corrected chi connectivity index (χ0v) is 12.5. The van der Waals surface area contributed by atoms with Crippen molar-refractivity contribution in [1.29, 1.82) is 0 Å². The predicted molar refractivity (Wildman–Crippen MR) is 78.7 cm³/mol. The maximum atomic E-state index is 11.9. The Balaban J connectivity index is 1.89. The molecule has 106 valence electrons. The summed E-state index contributed by atoms with van der Waals surface area (Å²) in [7, 11) is 0. The van der Waals surface area contributed by atoms with E-state index >= 15 is 0 Å². The summed E-state index contributed by atoms with van der Waals surface area (Å²) in [5.41, 5.74) is 1.96. The molecule has 0 radical (unpaired) electrons. The minimum Gasteiger partial charge on any atom is -0.325 e. The first kappa shape index (κ1) is 14.5. The molecule has 0 unspecified atom stereocenters. The Kier molecular flexibility index (Phi) is 4.73. The fraction of sp³-hybridized carbons (Fsp3) is 0.385. The molecule has 2 rings (SSSR count). The first-order valence-corrected chi connectivity index (χ1v) is 7.32. The van der Waals surface area contributed by atoms with Gasteiger partial charge in [0.05, 0.1) is 11.8 Å². The van der Waals surface area contributed by atoms with E-state index in [1.165, 1.54) is 11.8 Å². The number of rotatable bonds is 5. The number of aromatic nitrogens is 4. The number of nitrogens with one attached hydrogen (secondary N) is 1. The van der Waals surface area contributed by atoms with Gasteiger partial charge in [-0.3, -0.25) is 4.79 Å². The highest BCUT2D eigenvalue weighted by molar-refractivity contribution is 7.99. The van der Waals surface area contributed by atoms with Gasteiger partial charge in [-0.05, 0) is 43.3 Å². The lowest BCUT2D eigenvalue weighted by Crippen LogP contribution is -2.15. The maximum absolute atomic E-state index is 11.9. The van der Waals surface area contributed by atoms with Gasteiger partial charge in [0.25, 0.3) is 0 Å². The van der Waals surface area contributed by atoms with Gasteiger partial charge in [-0.15, -0.1) is 5.10 Å². The quantitative estimate of drug-likeness (QED) is 0.856. The Labute approximate surface area is 121 Å². The van der Waals surface area contributed by atoms with Crippen molar-refractivity contribution < 1.29 is 4.79 Å². The number of hydrogen-bond acceptors (Lipinski definition) is 5. The second-order valence-corrected chi connectivity index (χ2v) is 5.65. The van der Waals surface area contributed by atoms with Gasteiger partial charge in [0.2, 0.25) is 11.1 Å². The van der Waals surface area contributed by atoms with Gasteiger partial charge in [-0.25, -0.2) is 4.68 Å². The van der Waals surface area contributed by atoms with E-state index in [-0.39, 0.29) is 17.7 Å². The summed E-state index contributed by atoms with van der Waals surface area (Å²) in [5, 5.41) is 14.9. The van der Waals surface area contributed by atoms with Crippen molar-refractivity contribution in [3.05, 3.63) is 29.8 Å². The number of thioether (sulfide) groups is 1. The van der Waals surface area contributed by atoms with E-state index in [9.17, 15) is 4.79 Å². The fourth-order valence-corrected chi connectivity index (χ4v) is 2.37. The van der Waals surface area contributed by atoms with Crippen LogP contribution < -0.4 is 5.32 Å². The summed E-state index contributed by atoms with van der Waals surface area (Å²) in [6, 6.07) is 7.86. The van der Waals surface area contributed by atoms with Crippen LogP contribution in [0, 0.1) is 6.92 Å². The molecule has 0 saturated carbocycles. The lowest BCUT2D eigenvalue weighted by atomic mass is 10.2. The number of anilines is 1. The third-order valence-corrected chi connectivity index (χ3v) is 3.55. The zero-order valence-electron chi connectivity index (χ0n) is 11.7. The van der Waals surface area contributed by atoms with Crippen LogP contribution in [0.5, 0.6) is 0 Å². The summed E-state index contributed by atoms with van der Waals surface area (Å²) >= 11 is 1.33. The minimum atomic E-state index is -0.0721. The van der Waals surface area contributed by atoms with E-state index < -0.39 is 0 Å². The Bertz CT molecular complexity index is 579. The van der Waals surface area contributed by atoms with E-state index in [2.05, 4.69) is 20.8 Å². The SMILES string of the molecule is Cc1ccc(NC(=O)CSc2nnnn2C(C)C)cc1. The van der Waals surface area contributed by atoms with Gasteiger partial charge < -0.3 is 5.32 Å². The van der Waals surface area contributed by atoms with Crippen LogP contribution in [0.1, 0.15) is 25.5 Å². The average Bonchev–Trinajstić information content (AvgIpc) is 2.88. The Hall–Kier alpha value is -1.89. The Morgan fingerprint density at radius 3 is 2.70 bits per heavy atom. The topological polar surface area (TPSA) is 72.7 Å². The van der Waals surface area contributed by atoms with Gasteiger partial charge in [-0.1, -0.05) is 29.5 Å². The van der Waals surface area contributed by atoms with Gasteiger partial charge in [0.1, 0.15) is 0 Å². The summed E-state index contributed by atoms with van der Waals surface area (Å²) in [6.07, 6.45) is 0. The van der Waals surface area contributed by atoms with Crippen molar-refractivity contribution in [2.75, 3.05) is 11.1 Å². The van der Waals surface area contributed by atoms with Crippen molar-refractivity contribution in [3.63, 3.8) is 0 Å². The standard InChI is InChI=1S/C13H17N5OS/c1-9(2)18-13(15-16-17-18)20-8-12(19)14-11-6-4-10(3)5-7-11/h4-7,9H,8H2,1-3H3,(H,14,19). The number of tetrazole rings is 1. The lowest BCUT2D eigenvalue weighted by Gasteiger charge is -2.07. The molecule has 0 bridgehead atoms. The van der Waals surface area contributed by atoms with Crippen molar-refractivity contribution in [2.24, 2.45) is 0 Å². The van der Waals surface area contributed by atoms with E-state index in [1.54, 1.807) is 4.68 Å². The molecule has 1 amide bonds. The van der Waals surface area contributed by atoms with E-state index in [1.807, 2.05) is 45.0 Å². The molecular weight excluding hydrogens is 274 g/mol. The Morgan fingerprint density at radius 2 is 2.05 bits per heavy atom. The second-order valence-electron chi connectivity index (χ2n) is 4.70. The van der Waals surface area contributed by atoms with Crippen molar-refractivity contribution in [1.82, 2.24) is 20.2 Å². The van der Waals surface area contributed by atoms with Crippen LogP contribution in [0.2, 0.25) is 0 Å². The largest absolute Gasteiger partial charge is 0.325 e. The molecule has 1 N–H and O–H groups in total. The molecular formula is C13H17N5OS. The molecule has 0 spiro atoms. The van der Waals surface area contributed by atoms with E-state index in [4.69, 9.17) is 0 Å². The fourth-order valence-electron chi connectivity index (χ4n) is 1.57. The predicted octanol–water partition coefficient (Wildman–Crippen LogP) is 2.29. The molecule has 7 heteroatoms. The first-order valence-electron chi connectivity index (χ1n) is 6.33. The lowest BCUT2D eigenvalue weighted by molar-refractivity contribution is -0.113. The average molecular weight is 291 g/mol. The molecule has 2 aromatic rings. The van der Waals surface area contributed by atoms with Crippen molar-refractivity contribution in [3.8, 4) is 0 Å². The third kappa shape index (κ3) is 3.80. The van der Waals surface area contributed by atoms with Crippen LogP contribution in [0.3, 0.4) is 0 Å². The van der Waals surface area contributed by atoms with Gasteiger partial charge in [-0.2, -0.15) is 0 Å². The van der Waals surface area contributed by atoms with Crippen LogP contribution in [-0.4, -0.2) is 31.9 Å². The maximum Gasteiger partial charge on any atom is 0.234 e. The van der Waals surface area contributed by atoms with Gasteiger partial charge in [0, 0.05) is 5.69 Å². The highest BCUT2D eigenvalue weighted by atomic mass is 32.2. The molecule has 0 atom stereocenters. The van der Waals surface area contributed by atoms with Gasteiger partial charge >= 0.3 is 0 Å². The molecule has 0 aliphatic heterocycles. The zero-order chi connectivity index (χ0) is 14.5.